The molecule has 1 fully saturated rings. The molecule has 0 radical (unpaired) electrons. The number of amides is 1. The van der Waals surface area contributed by atoms with E-state index in [0.29, 0.717) is 11.7 Å². The maximum atomic E-state index is 13.3. The second kappa shape index (κ2) is 9.77. The Hall–Kier alpha value is -2.52. The zero-order valence-electron chi connectivity index (χ0n) is 19.1. The Kier molecular flexibility index (Phi) is 6.59. The van der Waals surface area contributed by atoms with Crippen molar-refractivity contribution in [1.82, 2.24) is 19.7 Å². The average Bonchev–Trinajstić information content (AvgIpc) is 3.50. The molecule has 5 rings (SSSR count). The van der Waals surface area contributed by atoms with Gasteiger partial charge in [-0.05, 0) is 61.7 Å². The van der Waals surface area contributed by atoms with Gasteiger partial charge in [0.15, 0.2) is 5.16 Å². The van der Waals surface area contributed by atoms with Gasteiger partial charge in [-0.25, -0.2) is 0 Å². The highest BCUT2D eigenvalue weighted by Gasteiger charge is 2.29. The summed E-state index contributed by atoms with van der Waals surface area (Å²) in [5, 5.41) is 11.7. The van der Waals surface area contributed by atoms with Gasteiger partial charge in [-0.1, -0.05) is 23.9 Å². The summed E-state index contributed by atoms with van der Waals surface area (Å²) < 4.78 is 7.72. The summed E-state index contributed by atoms with van der Waals surface area (Å²) >= 11 is 3.26. The first-order valence-corrected chi connectivity index (χ1v) is 13.3. The van der Waals surface area contributed by atoms with Crippen molar-refractivity contribution in [2.75, 3.05) is 31.6 Å². The summed E-state index contributed by atoms with van der Waals surface area (Å²) in [5.41, 5.74) is 2.18. The first-order valence-electron chi connectivity index (χ1n) is 11.5. The van der Waals surface area contributed by atoms with Gasteiger partial charge in [0, 0.05) is 31.1 Å². The summed E-state index contributed by atoms with van der Waals surface area (Å²) in [6.45, 7) is 5.36. The van der Waals surface area contributed by atoms with Crippen molar-refractivity contribution < 1.29 is 9.53 Å². The number of anilines is 1. The molecule has 174 valence electrons. The van der Waals surface area contributed by atoms with Crippen LogP contribution in [0.4, 0.5) is 5.95 Å². The molecule has 9 heteroatoms. The van der Waals surface area contributed by atoms with Gasteiger partial charge in [-0.2, -0.15) is 0 Å². The Morgan fingerprint density at radius 1 is 1.12 bits per heavy atom. The molecule has 2 aromatic heterocycles. The predicted octanol–water partition coefficient (Wildman–Crippen LogP) is 4.39. The zero-order valence-corrected chi connectivity index (χ0v) is 20.7. The molecule has 1 atom stereocenters. The SMILES string of the molecule is COc1ccccc1-n1c(SC(C)C(=O)N2CCc3sccc3C2)nnc1N1CCCCC1. The van der Waals surface area contributed by atoms with Crippen molar-refractivity contribution in [3.63, 3.8) is 0 Å². The Balaban J connectivity index is 1.43. The van der Waals surface area contributed by atoms with Gasteiger partial charge in [0.05, 0.1) is 18.0 Å². The van der Waals surface area contributed by atoms with Crippen molar-refractivity contribution in [2.45, 2.75) is 49.6 Å². The predicted molar refractivity (Wildman–Crippen MR) is 133 cm³/mol. The number of carbonyl (C=O) groups is 1. The van der Waals surface area contributed by atoms with Crippen molar-refractivity contribution >= 4 is 35.0 Å². The zero-order chi connectivity index (χ0) is 22.8. The standard InChI is InChI=1S/C24H29N5O2S2/c1-17(22(30)28-14-10-21-18(16-28)11-15-32-21)33-24-26-25-23(27-12-6-3-7-13-27)29(24)19-8-4-5-9-20(19)31-2/h4-5,8-9,11,15,17H,3,6-7,10,12-14,16H2,1-2H3. The highest BCUT2D eigenvalue weighted by Crippen LogP contribution is 2.35. The molecular formula is C24H29N5O2S2. The van der Waals surface area contributed by atoms with Gasteiger partial charge in [0.2, 0.25) is 11.9 Å². The minimum absolute atomic E-state index is 0.144. The lowest BCUT2D eigenvalue weighted by atomic mass is 10.1. The van der Waals surface area contributed by atoms with Gasteiger partial charge < -0.3 is 14.5 Å². The Labute approximate surface area is 202 Å². The summed E-state index contributed by atoms with van der Waals surface area (Å²) in [4.78, 5) is 19.0. The monoisotopic (exact) mass is 483 g/mol. The number of para-hydroxylation sites is 2. The topological polar surface area (TPSA) is 63.5 Å². The van der Waals surface area contributed by atoms with E-state index in [4.69, 9.17) is 4.74 Å². The highest BCUT2D eigenvalue weighted by atomic mass is 32.2. The van der Waals surface area contributed by atoms with Crippen LogP contribution in [0.25, 0.3) is 5.69 Å². The van der Waals surface area contributed by atoms with Crippen LogP contribution in [-0.2, 0) is 17.8 Å². The lowest BCUT2D eigenvalue weighted by molar-refractivity contribution is -0.131. The lowest BCUT2D eigenvalue weighted by Crippen LogP contribution is -2.39. The van der Waals surface area contributed by atoms with Crippen LogP contribution in [0.5, 0.6) is 5.75 Å². The van der Waals surface area contributed by atoms with Gasteiger partial charge in [0.25, 0.3) is 0 Å². The van der Waals surface area contributed by atoms with Gasteiger partial charge >= 0.3 is 0 Å². The van der Waals surface area contributed by atoms with Crippen molar-refractivity contribution in [3.05, 3.63) is 46.2 Å². The number of aromatic nitrogens is 3. The van der Waals surface area contributed by atoms with Crippen LogP contribution in [0.2, 0.25) is 0 Å². The summed E-state index contributed by atoms with van der Waals surface area (Å²) in [5.74, 6) is 1.73. The van der Waals surface area contributed by atoms with Gasteiger partial charge in [0.1, 0.15) is 5.75 Å². The second-order valence-electron chi connectivity index (χ2n) is 8.48. The molecule has 2 aliphatic rings. The first kappa shape index (κ1) is 22.3. The molecule has 1 unspecified atom stereocenters. The minimum atomic E-state index is -0.267. The lowest BCUT2D eigenvalue weighted by Gasteiger charge is -2.29. The smallest absolute Gasteiger partial charge is 0.236 e. The van der Waals surface area contributed by atoms with E-state index in [1.807, 2.05) is 36.1 Å². The molecule has 1 aromatic carbocycles. The number of ether oxygens (including phenoxy) is 1. The number of rotatable bonds is 6. The largest absolute Gasteiger partial charge is 0.495 e. The highest BCUT2D eigenvalue weighted by molar-refractivity contribution is 8.00. The quantitative estimate of drug-likeness (QED) is 0.485. The van der Waals surface area contributed by atoms with Crippen LogP contribution < -0.4 is 9.64 Å². The van der Waals surface area contributed by atoms with Crippen LogP contribution in [0, 0.1) is 0 Å². The number of thiophene rings is 1. The maximum Gasteiger partial charge on any atom is 0.236 e. The molecule has 0 N–H and O–H groups in total. The minimum Gasteiger partial charge on any atom is -0.495 e. The molecule has 3 aromatic rings. The Morgan fingerprint density at radius 2 is 1.94 bits per heavy atom. The molecule has 0 saturated carbocycles. The maximum absolute atomic E-state index is 13.3. The van der Waals surface area contributed by atoms with Gasteiger partial charge in [-0.15, -0.1) is 21.5 Å². The fourth-order valence-electron chi connectivity index (χ4n) is 4.56. The number of hydrogen-bond acceptors (Lipinski definition) is 7. The van der Waals surface area contributed by atoms with Crippen LogP contribution in [-0.4, -0.2) is 57.6 Å². The first-order chi connectivity index (χ1) is 16.2. The molecule has 1 amide bonds. The summed E-state index contributed by atoms with van der Waals surface area (Å²) in [6, 6.07) is 10.1. The molecule has 0 spiro atoms. The van der Waals surface area contributed by atoms with Crippen LogP contribution in [0.3, 0.4) is 0 Å². The van der Waals surface area contributed by atoms with Crippen molar-refractivity contribution in [1.29, 1.82) is 0 Å². The Bertz CT molecular complexity index is 1120. The fourth-order valence-corrected chi connectivity index (χ4v) is 6.39. The van der Waals surface area contributed by atoms with E-state index in [1.165, 1.54) is 28.6 Å². The number of carbonyl (C=O) groups excluding carboxylic acids is 1. The fraction of sp³-hybridized carbons (Fsp3) is 0.458. The number of methoxy groups -OCH3 is 1. The van der Waals surface area contributed by atoms with E-state index < -0.39 is 0 Å². The number of benzene rings is 1. The summed E-state index contributed by atoms with van der Waals surface area (Å²) in [6.07, 6.45) is 4.48. The second-order valence-corrected chi connectivity index (χ2v) is 10.8. The molecule has 1 saturated heterocycles. The average molecular weight is 484 g/mol. The van der Waals surface area contributed by atoms with Crippen LogP contribution in [0.15, 0.2) is 40.9 Å². The van der Waals surface area contributed by atoms with Crippen molar-refractivity contribution in [2.24, 2.45) is 0 Å². The van der Waals surface area contributed by atoms with E-state index in [1.54, 1.807) is 18.4 Å². The van der Waals surface area contributed by atoms with E-state index in [-0.39, 0.29) is 11.2 Å². The number of hydrogen-bond donors (Lipinski definition) is 0. The number of thioether (sulfide) groups is 1. The number of fused-ring (bicyclic) bond motifs is 1. The third-order valence-corrected chi connectivity index (χ3v) is 8.38. The number of nitrogens with zero attached hydrogens (tertiary/aromatic N) is 5. The molecule has 4 heterocycles. The summed E-state index contributed by atoms with van der Waals surface area (Å²) in [7, 11) is 1.68. The number of piperidine rings is 1. The normalized spacial score (nSPS) is 17.0. The third kappa shape index (κ3) is 4.48. The van der Waals surface area contributed by atoms with E-state index >= 15 is 0 Å². The van der Waals surface area contributed by atoms with Crippen LogP contribution >= 0.6 is 23.1 Å². The van der Waals surface area contributed by atoms with E-state index in [2.05, 4.69) is 31.1 Å². The van der Waals surface area contributed by atoms with E-state index in [0.717, 1.165) is 56.3 Å². The van der Waals surface area contributed by atoms with E-state index in [9.17, 15) is 4.79 Å². The Morgan fingerprint density at radius 3 is 2.76 bits per heavy atom. The molecule has 2 aliphatic heterocycles. The van der Waals surface area contributed by atoms with Gasteiger partial charge in [-0.3, -0.25) is 9.36 Å². The molecule has 0 bridgehead atoms. The third-order valence-electron chi connectivity index (χ3n) is 6.33. The van der Waals surface area contributed by atoms with Crippen LogP contribution in [0.1, 0.15) is 36.6 Å². The molecule has 7 nitrogen and oxygen atoms in total. The molecule has 33 heavy (non-hydrogen) atoms. The molecular weight excluding hydrogens is 454 g/mol. The molecule has 0 aliphatic carbocycles. The van der Waals surface area contributed by atoms with Crippen molar-refractivity contribution in [3.8, 4) is 11.4 Å².